The maximum absolute atomic E-state index is 13.0. The molecule has 2 aromatic carbocycles. The van der Waals surface area contributed by atoms with Gasteiger partial charge in [0.15, 0.2) is 11.5 Å². The van der Waals surface area contributed by atoms with Gasteiger partial charge in [-0.05, 0) is 35.4 Å². The third-order valence-corrected chi connectivity index (χ3v) is 5.59. The fraction of sp³-hybridized carbons (Fsp3) is 0.375. The Labute approximate surface area is 177 Å². The van der Waals surface area contributed by atoms with Crippen LogP contribution in [0.1, 0.15) is 21.5 Å². The van der Waals surface area contributed by atoms with Gasteiger partial charge in [0, 0.05) is 44.7 Å². The van der Waals surface area contributed by atoms with Crippen LogP contribution in [0.2, 0.25) is 0 Å². The molecule has 0 spiro atoms. The second-order valence-electron chi connectivity index (χ2n) is 7.57. The van der Waals surface area contributed by atoms with E-state index in [4.69, 9.17) is 14.2 Å². The molecule has 0 unspecified atom stereocenters. The molecular formula is C24H28N2O4. The van der Waals surface area contributed by atoms with E-state index in [0.29, 0.717) is 36.8 Å². The van der Waals surface area contributed by atoms with E-state index in [0.717, 1.165) is 38.4 Å². The zero-order chi connectivity index (χ0) is 20.9. The summed E-state index contributed by atoms with van der Waals surface area (Å²) >= 11 is 0. The molecule has 0 atom stereocenters. The number of piperazine rings is 1. The summed E-state index contributed by atoms with van der Waals surface area (Å²) < 4.78 is 16.6. The normalized spacial score (nSPS) is 16.0. The molecule has 6 nitrogen and oxygen atoms in total. The number of ether oxygens (including phenoxy) is 3. The molecule has 0 N–H and O–H groups in total. The highest BCUT2D eigenvalue weighted by atomic mass is 16.5. The molecule has 1 saturated heterocycles. The molecule has 30 heavy (non-hydrogen) atoms. The molecule has 0 saturated carbocycles. The average Bonchev–Trinajstić information content (AvgIpc) is 3.25. The summed E-state index contributed by atoms with van der Waals surface area (Å²) in [6, 6.07) is 11.8. The Balaban J connectivity index is 1.34. The molecule has 2 heterocycles. The van der Waals surface area contributed by atoms with Gasteiger partial charge in [-0.3, -0.25) is 9.69 Å². The number of benzene rings is 2. The Morgan fingerprint density at radius 2 is 1.97 bits per heavy atom. The van der Waals surface area contributed by atoms with Crippen LogP contribution in [0.5, 0.6) is 17.2 Å². The highest BCUT2D eigenvalue weighted by molar-refractivity contribution is 5.95. The van der Waals surface area contributed by atoms with Crippen LogP contribution in [0.25, 0.3) is 0 Å². The number of nitrogens with zero attached hydrogens (tertiary/aromatic N) is 2. The Hall–Kier alpha value is -2.99. The summed E-state index contributed by atoms with van der Waals surface area (Å²) in [7, 11) is 1.58. The van der Waals surface area contributed by atoms with Crippen LogP contribution >= 0.6 is 0 Å². The van der Waals surface area contributed by atoms with Gasteiger partial charge in [0.25, 0.3) is 5.91 Å². The van der Waals surface area contributed by atoms with Crippen LogP contribution in [0, 0.1) is 0 Å². The molecule has 0 aromatic heterocycles. The minimum atomic E-state index is 0.0258. The summed E-state index contributed by atoms with van der Waals surface area (Å²) in [5, 5.41) is 0. The summed E-state index contributed by atoms with van der Waals surface area (Å²) in [6.45, 7) is 8.87. The molecule has 0 bridgehead atoms. The summed E-state index contributed by atoms with van der Waals surface area (Å²) in [5.41, 5.74) is 3.22. The second-order valence-corrected chi connectivity index (χ2v) is 7.57. The largest absolute Gasteiger partial charge is 0.493 e. The molecule has 2 aromatic rings. The monoisotopic (exact) mass is 408 g/mol. The Bertz CT molecular complexity index is 919. The van der Waals surface area contributed by atoms with E-state index in [1.54, 1.807) is 31.4 Å². The standard InChI is InChI=1S/C24H28N2O4/c1-3-13-29-22-7-5-20(16-23(22)28-2)24(27)26-11-9-25(10-12-26)17-18-4-6-21-19(15-18)8-14-30-21/h3-7,15-16H,1,8-14,17H2,2H3. The average molecular weight is 408 g/mol. The molecule has 1 amide bonds. The third-order valence-electron chi connectivity index (χ3n) is 5.59. The zero-order valence-corrected chi connectivity index (χ0v) is 17.4. The lowest BCUT2D eigenvalue weighted by Gasteiger charge is -2.35. The fourth-order valence-electron chi connectivity index (χ4n) is 3.96. The van der Waals surface area contributed by atoms with Crippen molar-refractivity contribution in [3.8, 4) is 17.2 Å². The van der Waals surface area contributed by atoms with E-state index < -0.39 is 0 Å². The maximum atomic E-state index is 13.0. The van der Waals surface area contributed by atoms with E-state index in [1.165, 1.54) is 11.1 Å². The highest BCUT2D eigenvalue weighted by Crippen LogP contribution is 2.29. The third kappa shape index (κ3) is 4.44. The van der Waals surface area contributed by atoms with Gasteiger partial charge in [0.1, 0.15) is 12.4 Å². The van der Waals surface area contributed by atoms with Gasteiger partial charge in [-0.25, -0.2) is 0 Å². The minimum absolute atomic E-state index is 0.0258. The fourth-order valence-corrected chi connectivity index (χ4v) is 3.96. The molecular weight excluding hydrogens is 380 g/mol. The number of hydrogen-bond acceptors (Lipinski definition) is 5. The second kappa shape index (κ2) is 9.22. The first-order valence-corrected chi connectivity index (χ1v) is 10.4. The summed E-state index contributed by atoms with van der Waals surface area (Å²) in [5.74, 6) is 2.21. The lowest BCUT2D eigenvalue weighted by molar-refractivity contribution is 0.0628. The Morgan fingerprint density at radius 1 is 1.13 bits per heavy atom. The number of fused-ring (bicyclic) bond motifs is 1. The molecule has 1 fully saturated rings. The predicted molar refractivity (Wildman–Crippen MR) is 116 cm³/mol. The van der Waals surface area contributed by atoms with E-state index in [1.807, 2.05) is 4.90 Å². The minimum Gasteiger partial charge on any atom is -0.493 e. The molecule has 2 aliphatic rings. The quantitative estimate of drug-likeness (QED) is 0.659. The first-order chi connectivity index (χ1) is 14.7. The van der Waals surface area contributed by atoms with Crippen LogP contribution in [0.3, 0.4) is 0 Å². The van der Waals surface area contributed by atoms with Gasteiger partial charge in [-0.2, -0.15) is 0 Å². The molecule has 158 valence electrons. The first kappa shape index (κ1) is 20.3. The lowest BCUT2D eigenvalue weighted by Crippen LogP contribution is -2.48. The van der Waals surface area contributed by atoms with E-state index >= 15 is 0 Å². The number of hydrogen-bond donors (Lipinski definition) is 0. The van der Waals surface area contributed by atoms with Gasteiger partial charge in [0.2, 0.25) is 0 Å². The van der Waals surface area contributed by atoms with Crippen molar-refractivity contribution in [2.24, 2.45) is 0 Å². The van der Waals surface area contributed by atoms with Gasteiger partial charge in [-0.1, -0.05) is 24.8 Å². The van der Waals surface area contributed by atoms with Gasteiger partial charge in [0.05, 0.1) is 13.7 Å². The van der Waals surface area contributed by atoms with Crippen molar-refractivity contribution in [3.05, 3.63) is 65.7 Å². The summed E-state index contributed by atoms with van der Waals surface area (Å²) in [4.78, 5) is 17.3. The van der Waals surface area contributed by atoms with Crippen LogP contribution in [0.15, 0.2) is 49.1 Å². The van der Waals surface area contributed by atoms with Crippen LogP contribution in [-0.4, -0.2) is 62.2 Å². The van der Waals surface area contributed by atoms with Crippen molar-refractivity contribution < 1.29 is 19.0 Å². The number of methoxy groups -OCH3 is 1. The number of carbonyl (C=O) groups excluding carboxylic acids is 1. The number of amides is 1. The van der Waals surface area contributed by atoms with Crippen molar-refractivity contribution in [2.75, 3.05) is 46.5 Å². The predicted octanol–water partition coefficient (Wildman–Crippen LogP) is 3.15. The zero-order valence-electron chi connectivity index (χ0n) is 17.4. The van der Waals surface area contributed by atoms with Crippen molar-refractivity contribution in [2.45, 2.75) is 13.0 Å². The van der Waals surface area contributed by atoms with Crippen LogP contribution < -0.4 is 14.2 Å². The van der Waals surface area contributed by atoms with Gasteiger partial charge < -0.3 is 19.1 Å². The van der Waals surface area contributed by atoms with Gasteiger partial charge in [-0.15, -0.1) is 0 Å². The van der Waals surface area contributed by atoms with E-state index in [-0.39, 0.29) is 5.91 Å². The van der Waals surface area contributed by atoms with E-state index in [2.05, 4.69) is 29.7 Å². The lowest BCUT2D eigenvalue weighted by atomic mass is 10.1. The molecule has 2 aliphatic heterocycles. The number of rotatable bonds is 7. The smallest absolute Gasteiger partial charge is 0.254 e. The molecule has 0 radical (unpaired) electrons. The SMILES string of the molecule is C=CCOc1ccc(C(=O)N2CCN(Cc3ccc4c(c3)CCO4)CC2)cc1OC. The van der Waals surface area contributed by atoms with Gasteiger partial charge >= 0.3 is 0 Å². The van der Waals surface area contributed by atoms with Crippen molar-refractivity contribution in [1.29, 1.82) is 0 Å². The topological polar surface area (TPSA) is 51.2 Å². The van der Waals surface area contributed by atoms with Crippen molar-refractivity contribution in [3.63, 3.8) is 0 Å². The Kier molecular flexibility index (Phi) is 6.23. The van der Waals surface area contributed by atoms with Crippen molar-refractivity contribution in [1.82, 2.24) is 9.80 Å². The van der Waals surface area contributed by atoms with Crippen LogP contribution in [0.4, 0.5) is 0 Å². The molecule has 4 rings (SSSR count). The first-order valence-electron chi connectivity index (χ1n) is 10.4. The highest BCUT2D eigenvalue weighted by Gasteiger charge is 2.23. The maximum Gasteiger partial charge on any atom is 0.254 e. The summed E-state index contributed by atoms with van der Waals surface area (Å²) in [6.07, 6.45) is 2.67. The molecule has 0 aliphatic carbocycles. The Morgan fingerprint density at radius 3 is 2.73 bits per heavy atom. The van der Waals surface area contributed by atoms with Crippen molar-refractivity contribution >= 4 is 5.91 Å². The number of carbonyl (C=O) groups is 1. The molecule has 6 heteroatoms. The van der Waals surface area contributed by atoms with Crippen LogP contribution in [-0.2, 0) is 13.0 Å². The van der Waals surface area contributed by atoms with E-state index in [9.17, 15) is 4.79 Å².